The van der Waals surface area contributed by atoms with Gasteiger partial charge in [0, 0.05) is 13.2 Å². The van der Waals surface area contributed by atoms with Crippen molar-refractivity contribution in [3.63, 3.8) is 0 Å². The molecule has 4 nitrogen and oxygen atoms in total. The largest absolute Gasteiger partial charge is 0.382 e. The smallest absolute Gasteiger partial charge is 0.0726 e. The highest BCUT2D eigenvalue weighted by atomic mass is 16.5. The topological polar surface area (TPSA) is 39.7 Å². The van der Waals surface area contributed by atoms with E-state index < -0.39 is 0 Å². The van der Waals surface area contributed by atoms with Crippen molar-refractivity contribution in [2.45, 2.75) is 58.6 Å². The molecule has 0 radical (unpaired) electrons. The molecule has 0 saturated heterocycles. The monoisotopic (exact) mass is 275 g/mol. The molecule has 0 fully saturated rings. The van der Waals surface area contributed by atoms with Crippen LogP contribution in [0.15, 0.2) is 0 Å². The minimum atomic E-state index is 0.289. The van der Waals surface area contributed by atoms with Gasteiger partial charge in [-0.3, -0.25) is 0 Å². The lowest BCUT2D eigenvalue weighted by Gasteiger charge is -2.27. The predicted molar refractivity (Wildman–Crippen MR) is 79.7 cm³/mol. The van der Waals surface area contributed by atoms with Crippen LogP contribution in [-0.2, 0) is 14.2 Å². The van der Waals surface area contributed by atoms with Crippen LogP contribution in [0.25, 0.3) is 0 Å². The molecule has 2 unspecified atom stereocenters. The Hall–Kier alpha value is -0.160. The second kappa shape index (κ2) is 14.3. The minimum Gasteiger partial charge on any atom is -0.382 e. The van der Waals surface area contributed by atoms with Crippen LogP contribution in [0.4, 0.5) is 0 Å². The summed E-state index contributed by atoms with van der Waals surface area (Å²) in [6.07, 6.45) is 4.85. The molecule has 2 atom stereocenters. The highest BCUT2D eigenvalue weighted by Gasteiger charge is 2.18. The summed E-state index contributed by atoms with van der Waals surface area (Å²) in [5.41, 5.74) is 0. The Morgan fingerprint density at radius 2 is 1.68 bits per heavy atom. The first kappa shape index (κ1) is 18.8. The Kier molecular flexibility index (Phi) is 14.1. The van der Waals surface area contributed by atoms with Gasteiger partial charge in [0.05, 0.1) is 32.5 Å². The zero-order valence-corrected chi connectivity index (χ0v) is 13.2. The van der Waals surface area contributed by atoms with E-state index in [-0.39, 0.29) is 6.10 Å². The van der Waals surface area contributed by atoms with Crippen molar-refractivity contribution in [1.82, 2.24) is 5.32 Å². The molecule has 0 heterocycles. The SMILES string of the molecule is CCCNC(CCC)C(CC)OCCOCCOC. The van der Waals surface area contributed by atoms with E-state index in [0.717, 1.165) is 19.4 Å². The summed E-state index contributed by atoms with van der Waals surface area (Å²) < 4.78 is 16.3. The lowest BCUT2D eigenvalue weighted by Crippen LogP contribution is -2.42. The Morgan fingerprint density at radius 3 is 2.26 bits per heavy atom. The van der Waals surface area contributed by atoms with Gasteiger partial charge in [0.2, 0.25) is 0 Å². The molecular formula is C15H33NO3. The van der Waals surface area contributed by atoms with Crippen molar-refractivity contribution < 1.29 is 14.2 Å². The zero-order chi connectivity index (χ0) is 14.3. The summed E-state index contributed by atoms with van der Waals surface area (Å²) in [5, 5.41) is 3.60. The van der Waals surface area contributed by atoms with Crippen molar-refractivity contribution in [1.29, 1.82) is 0 Å². The van der Waals surface area contributed by atoms with E-state index >= 15 is 0 Å². The number of ether oxygens (including phenoxy) is 3. The van der Waals surface area contributed by atoms with E-state index in [1.807, 2.05) is 0 Å². The number of hydrogen-bond acceptors (Lipinski definition) is 4. The van der Waals surface area contributed by atoms with E-state index in [1.165, 1.54) is 12.8 Å². The Morgan fingerprint density at radius 1 is 0.947 bits per heavy atom. The molecule has 19 heavy (non-hydrogen) atoms. The molecule has 4 heteroatoms. The molecule has 1 N–H and O–H groups in total. The maximum absolute atomic E-state index is 5.95. The molecule has 0 aliphatic carbocycles. The third kappa shape index (κ3) is 10.3. The summed E-state index contributed by atoms with van der Waals surface area (Å²) in [6, 6.07) is 0.467. The van der Waals surface area contributed by atoms with Crippen LogP contribution in [0.1, 0.15) is 46.5 Å². The van der Waals surface area contributed by atoms with Crippen LogP contribution < -0.4 is 5.32 Å². The van der Waals surface area contributed by atoms with Crippen molar-refractivity contribution in [3.8, 4) is 0 Å². The molecule has 0 spiro atoms. The predicted octanol–water partition coefficient (Wildman–Crippen LogP) is 2.61. The van der Waals surface area contributed by atoms with Crippen LogP contribution in [0.5, 0.6) is 0 Å². The van der Waals surface area contributed by atoms with Gasteiger partial charge in [-0.15, -0.1) is 0 Å². The first-order valence-corrected chi connectivity index (χ1v) is 7.71. The minimum absolute atomic E-state index is 0.289. The molecule has 0 aromatic carbocycles. The van der Waals surface area contributed by atoms with Crippen molar-refractivity contribution in [2.24, 2.45) is 0 Å². The average Bonchev–Trinajstić information content (AvgIpc) is 2.43. The molecule has 0 aromatic heterocycles. The normalized spacial score (nSPS) is 14.5. The fraction of sp³-hybridized carbons (Fsp3) is 1.00. The van der Waals surface area contributed by atoms with Crippen LogP contribution in [-0.4, -0.2) is 52.2 Å². The van der Waals surface area contributed by atoms with Crippen LogP contribution in [0.3, 0.4) is 0 Å². The van der Waals surface area contributed by atoms with Gasteiger partial charge in [-0.1, -0.05) is 27.2 Å². The summed E-state index contributed by atoms with van der Waals surface area (Å²) in [4.78, 5) is 0. The Balaban J connectivity index is 3.85. The summed E-state index contributed by atoms with van der Waals surface area (Å²) in [6.45, 7) is 10.3. The number of nitrogens with one attached hydrogen (secondary N) is 1. The third-order valence-corrected chi connectivity index (χ3v) is 3.10. The fourth-order valence-corrected chi connectivity index (χ4v) is 2.08. The maximum Gasteiger partial charge on any atom is 0.0726 e. The number of hydrogen-bond donors (Lipinski definition) is 1. The van der Waals surface area contributed by atoms with E-state index in [9.17, 15) is 0 Å². The van der Waals surface area contributed by atoms with E-state index in [0.29, 0.717) is 32.5 Å². The van der Waals surface area contributed by atoms with Gasteiger partial charge in [-0.2, -0.15) is 0 Å². The van der Waals surface area contributed by atoms with Gasteiger partial charge in [-0.25, -0.2) is 0 Å². The molecule has 116 valence electrons. The maximum atomic E-state index is 5.95. The van der Waals surface area contributed by atoms with Crippen molar-refractivity contribution in [2.75, 3.05) is 40.1 Å². The quantitative estimate of drug-likeness (QED) is 0.495. The summed E-state index contributed by atoms with van der Waals surface area (Å²) >= 11 is 0. The van der Waals surface area contributed by atoms with Crippen LogP contribution in [0.2, 0.25) is 0 Å². The van der Waals surface area contributed by atoms with E-state index in [4.69, 9.17) is 14.2 Å². The second-order valence-corrected chi connectivity index (χ2v) is 4.77. The number of methoxy groups -OCH3 is 1. The number of rotatable bonds is 14. The fourth-order valence-electron chi connectivity index (χ4n) is 2.08. The van der Waals surface area contributed by atoms with Gasteiger partial charge >= 0.3 is 0 Å². The molecule has 0 rings (SSSR count). The lowest BCUT2D eigenvalue weighted by molar-refractivity contribution is -0.0220. The molecule has 0 amide bonds. The van der Waals surface area contributed by atoms with Gasteiger partial charge in [0.15, 0.2) is 0 Å². The third-order valence-electron chi connectivity index (χ3n) is 3.10. The van der Waals surface area contributed by atoms with Crippen molar-refractivity contribution >= 4 is 0 Å². The van der Waals surface area contributed by atoms with Crippen molar-refractivity contribution in [3.05, 3.63) is 0 Å². The molecule has 0 aliphatic rings. The molecule has 0 bridgehead atoms. The zero-order valence-electron chi connectivity index (χ0n) is 13.2. The second-order valence-electron chi connectivity index (χ2n) is 4.77. The van der Waals surface area contributed by atoms with Gasteiger partial charge in [0.1, 0.15) is 0 Å². The van der Waals surface area contributed by atoms with Crippen LogP contribution >= 0.6 is 0 Å². The lowest BCUT2D eigenvalue weighted by atomic mass is 10.0. The van der Waals surface area contributed by atoms with Gasteiger partial charge in [-0.05, 0) is 25.8 Å². The van der Waals surface area contributed by atoms with E-state index in [2.05, 4.69) is 26.1 Å². The summed E-state index contributed by atoms with van der Waals surface area (Å²) in [5.74, 6) is 0. The molecular weight excluding hydrogens is 242 g/mol. The highest BCUT2D eigenvalue weighted by molar-refractivity contribution is 4.75. The average molecular weight is 275 g/mol. The van der Waals surface area contributed by atoms with Gasteiger partial charge in [0.25, 0.3) is 0 Å². The molecule has 0 aliphatic heterocycles. The standard InChI is InChI=1S/C15H33NO3/c1-5-8-14(16-9-6-2)15(7-3)19-13-12-18-11-10-17-4/h14-16H,5-13H2,1-4H3. The highest BCUT2D eigenvalue weighted by Crippen LogP contribution is 2.10. The van der Waals surface area contributed by atoms with E-state index in [1.54, 1.807) is 7.11 Å². The first-order valence-electron chi connectivity index (χ1n) is 7.71. The summed E-state index contributed by atoms with van der Waals surface area (Å²) in [7, 11) is 1.68. The Bertz CT molecular complexity index is 179. The first-order chi connectivity index (χ1) is 9.29. The van der Waals surface area contributed by atoms with Gasteiger partial charge < -0.3 is 19.5 Å². The molecule has 0 saturated carbocycles. The molecule has 0 aromatic rings. The Labute approximate surface area is 119 Å². The van der Waals surface area contributed by atoms with Crippen LogP contribution in [0, 0.1) is 0 Å².